The average Bonchev–Trinajstić information content (AvgIpc) is 2.91. The van der Waals surface area contributed by atoms with E-state index in [1.807, 2.05) is 6.07 Å². The molecular weight excluding hydrogens is 426 g/mol. The third-order valence-corrected chi connectivity index (χ3v) is 5.26. The summed E-state index contributed by atoms with van der Waals surface area (Å²) in [5.74, 6) is -0.334. The van der Waals surface area contributed by atoms with Gasteiger partial charge in [0.25, 0.3) is 5.91 Å². The molecule has 0 spiro atoms. The number of nitrogens with one attached hydrogen (secondary N) is 1. The van der Waals surface area contributed by atoms with Gasteiger partial charge in [-0.2, -0.15) is 5.26 Å². The molecule has 1 unspecified atom stereocenters. The SMILES string of the molecule is COc1ccc(C(=O)CN2C(=O)NC(C)(c3ccc(C#N)cc3)C2=O)cc1Br. The van der Waals surface area contributed by atoms with Crippen molar-refractivity contribution < 1.29 is 19.1 Å². The fourth-order valence-electron chi connectivity index (χ4n) is 2.99. The van der Waals surface area contributed by atoms with Crippen LogP contribution in [0.3, 0.4) is 0 Å². The third kappa shape index (κ3) is 3.37. The van der Waals surface area contributed by atoms with Gasteiger partial charge < -0.3 is 10.1 Å². The number of halogens is 1. The largest absolute Gasteiger partial charge is 0.496 e. The van der Waals surface area contributed by atoms with Crippen molar-refractivity contribution in [3.8, 4) is 11.8 Å². The number of hydrogen-bond donors (Lipinski definition) is 1. The first kappa shape index (κ1) is 19.6. The van der Waals surface area contributed by atoms with Crippen LogP contribution in [0.25, 0.3) is 0 Å². The molecule has 142 valence electrons. The quantitative estimate of drug-likeness (QED) is 0.567. The number of hydrogen-bond acceptors (Lipinski definition) is 5. The highest BCUT2D eigenvalue weighted by molar-refractivity contribution is 9.10. The smallest absolute Gasteiger partial charge is 0.325 e. The van der Waals surface area contributed by atoms with E-state index < -0.39 is 17.5 Å². The van der Waals surface area contributed by atoms with Gasteiger partial charge in [0.2, 0.25) is 0 Å². The minimum atomic E-state index is -1.30. The van der Waals surface area contributed by atoms with Crippen molar-refractivity contribution in [1.82, 2.24) is 10.2 Å². The van der Waals surface area contributed by atoms with E-state index in [9.17, 15) is 14.4 Å². The van der Waals surface area contributed by atoms with Crippen LogP contribution < -0.4 is 10.1 Å². The van der Waals surface area contributed by atoms with Crippen molar-refractivity contribution in [2.75, 3.05) is 13.7 Å². The molecule has 0 saturated carbocycles. The highest BCUT2D eigenvalue weighted by Crippen LogP contribution is 2.30. The second-order valence-corrected chi connectivity index (χ2v) is 7.26. The van der Waals surface area contributed by atoms with Crippen LogP contribution in [-0.2, 0) is 10.3 Å². The summed E-state index contributed by atoms with van der Waals surface area (Å²) < 4.78 is 5.73. The predicted molar refractivity (Wildman–Crippen MR) is 104 cm³/mol. The lowest BCUT2D eigenvalue weighted by Crippen LogP contribution is -2.41. The fraction of sp³-hybridized carbons (Fsp3) is 0.200. The molecule has 1 fully saturated rings. The molecular formula is C20H16BrN3O4. The van der Waals surface area contributed by atoms with Gasteiger partial charge in [0.05, 0.1) is 29.8 Å². The van der Waals surface area contributed by atoms with Crippen molar-refractivity contribution >= 4 is 33.7 Å². The summed E-state index contributed by atoms with van der Waals surface area (Å²) in [5.41, 5.74) is 0.0275. The van der Waals surface area contributed by atoms with E-state index in [-0.39, 0.29) is 12.3 Å². The molecule has 1 N–H and O–H groups in total. The molecule has 3 rings (SSSR count). The number of imide groups is 1. The highest BCUT2D eigenvalue weighted by Gasteiger charge is 2.49. The number of ketones is 1. The van der Waals surface area contributed by atoms with Crippen LogP contribution in [0.15, 0.2) is 46.9 Å². The predicted octanol–water partition coefficient (Wildman–Crippen LogP) is 2.98. The van der Waals surface area contributed by atoms with Crippen molar-refractivity contribution in [3.63, 3.8) is 0 Å². The van der Waals surface area contributed by atoms with E-state index in [0.29, 0.717) is 26.9 Å². The lowest BCUT2D eigenvalue weighted by atomic mass is 9.91. The number of urea groups is 1. The zero-order valence-electron chi connectivity index (χ0n) is 15.2. The summed E-state index contributed by atoms with van der Waals surface area (Å²) in [6.07, 6.45) is 0. The molecule has 7 nitrogen and oxygen atoms in total. The number of methoxy groups -OCH3 is 1. The van der Waals surface area contributed by atoms with Crippen LogP contribution in [0.5, 0.6) is 5.75 Å². The van der Waals surface area contributed by atoms with Crippen LogP contribution in [0, 0.1) is 11.3 Å². The maximum Gasteiger partial charge on any atom is 0.325 e. The Bertz CT molecular complexity index is 1010. The molecule has 0 aliphatic carbocycles. The van der Waals surface area contributed by atoms with E-state index >= 15 is 0 Å². The molecule has 1 saturated heterocycles. The maximum atomic E-state index is 12.9. The first-order chi connectivity index (χ1) is 13.3. The average molecular weight is 442 g/mol. The zero-order chi connectivity index (χ0) is 20.5. The number of nitrogens with zero attached hydrogens (tertiary/aromatic N) is 2. The summed E-state index contributed by atoms with van der Waals surface area (Å²) in [6, 6.07) is 12.5. The van der Waals surface area contributed by atoms with E-state index in [2.05, 4.69) is 21.2 Å². The Morgan fingerprint density at radius 1 is 1.25 bits per heavy atom. The molecule has 0 bridgehead atoms. The summed E-state index contributed by atoms with van der Waals surface area (Å²) in [4.78, 5) is 38.8. The Labute approximate surface area is 170 Å². The normalized spacial score (nSPS) is 18.6. The van der Waals surface area contributed by atoms with Gasteiger partial charge in [-0.1, -0.05) is 12.1 Å². The van der Waals surface area contributed by atoms with Crippen LogP contribution in [0.2, 0.25) is 0 Å². The fourth-order valence-corrected chi connectivity index (χ4v) is 3.53. The number of ether oxygens (including phenoxy) is 1. The maximum absolute atomic E-state index is 12.9. The molecule has 2 aromatic rings. The van der Waals surface area contributed by atoms with E-state index in [1.54, 1.807) is 49.4 Å². The Morgan fingerprint density at radius 2 is 1.93 bits per heavy atom. The van der Waals surface area contributed by atoms with E-state index in [1.165, 1.54) is 7.11 Å². The zero-order valence-corrected chi connectivity index (χ0v) is 16.7. The van der Waals surface area contributed by atoms with Crippen molar-refractivity contribution in [2.24, 2.45) is 0 Å². The minimum Gasteiger partial charge on any atom is -0.496 e. The second-order valence-electron chi connectivity index (χ2n) is 6.41. The molecule has 28 heavy (non-hydrogen) atoms. The Morgan fingerprint density at radius 3 is 2.50 bits per heavy atom. The summed E-state index contributed by atoms with van der Waals surface area (Å²) in [6.45, 7) is 1.19. The Hall–Kier alpha value is -3.18. The second kappa shape index (κ2) is 7.44. The molecule has 1 atom stereocenters. The van der Waals surface area contributed by atoms with Gasteiger partial charge >= 0.3 is 6.03 Å². The van der Waals surface area contributed by atoms with E-state index in [4.69, 9.17) is 10.00 Å². The molecule has 0 radical (unpaired) electrons. The van der Waals surface area contributed by atoms with Gasteiger partial charge in [0.15, 0.2) is 5.78 Å². The van der Waals surface area contributed by atoms with E-state index in [0.717, 1.165) is 4.90 Å². The summed E-state index contributed by atoms with van der Waals surface area (Å²) in [5, 5.41) is 11.6. The molecule has 1 aliphatic heterocycles. The van der Waals surface area contributed by atoms with Gasteiger partial charge in [0, 0.05) is 5.56 Å². The van der Waals surface area contributed by atoms with Crippen LogP contribution in [0.4, 0.5) is 4.79 Å². The number of nitriles is 1. The van der Waals surface area contributed by atoms with Gasteiger partial charge in [0.1, 0.15) is 11.3 Å². The van der Waals surface area contributed by atoms with Crippen molar-refractivity contribution in [1.29, 1.82) is 5.26 Å². The minimum absolute atomic E-state index is 0.347. The van der Waals surface area contributed by atoms with Crippen LogP contribution >= 0.6 is 15.9 Å². The number of amides is 3. The van der Waals surface area contributed by atoms with Gasteiger partial charge in [-0.05, 0) is 58.7 Å². The Balaban J connectivity index is 1.82. The van der Waals surface area contributed by atoms with Gasteiger partial charge in [-0.15, -0.1) is 0 Å². The van der Waals surface area contributed by atoms with Crippen molar-refractivity contribution in [3.05, 3.63) is 63.6 Å². The van der Waals surface area contributed by atoms with Crippen molar-refractivity contribution in [2.45, 2.75) is 12.5 Å². The number of benzene rings is 2. The molecule has 1 heterocycles. The first-order valence-corrected chi connectivity index (χ1v) is 9.11. The molecule has 2 aromatic carbocycles. The Kier molecular flexibility index (Phi) is 5.21. The lowest BCUT2D eigenvalue weighted by molar-refractivity contribution is -0.130. The summed E-state index contributed by atoms with van der Waals surface area (Å²) >= 11 is 3.31. The first-order valence-electron chi connectivity index (χ1n) is 8.31. The highest BCUT2D eigenvalue weighted by atomic mass is 79.9. The van der Waals surface area contributed by atoms with Gasteiger partial charge in [-0.25, -0.2) is 4.79 Å². The number of rotatable bonds is 5. The third-order valence-electron chi connectivity index (χ3n) is 4.64. The number of Topliss-reactive ketones (excluding diaryl/α,β-unsaturated/α-hetero) is 1. The molecule has 0 aromatic heterocycles. The number of carbonyl (C=O) groups is 3. The van der Waals surface area contributed by atoms with Crippen LogP contribution in [0.1, 0.15) is 28.4 Å². The summed E-state index contributed by atoms with van der Waals surface area (Å²) in [7, 11) is 1.51. The topological polar surface area (TPSA) is 99.5 Å². The standard InChI is InChI=1S/C20H16BrN3O4/c1-20(14-6-3-12(10-22)4-7-14)18(26)24(19(27)23-20)11-16(25)13-5-8-17(28-2)15(21)9-13/h3-9H,11H2,1-2H3,(H,23,27). The molecule has 3 amide bonds. The lowest BCUT2D eigenvalue weighted by Gasteiger charge is -2.22. The molecule has 1 aliphatic rings. The molecule has 8 heteroatoms. The van der Waals surface area contributed by atoms with Gasteiger partial charge in [-0.3, -0.25) is 14.5 Å². The monoisotopic (exact) mass is 441 g/mol. The van der Waals surface area contributed by atoms with Crippen LogP contribution in [-0.4, -0.2) is 36.3 Å². The number of carbonyl (C=O) groups excluding carboxylic acids is 3.